The van der Waals surface area contributed by atoms with E-state index in [-0.39, 0.29) is 5.91 Å². The SMILES string of the molecule is CCC(C)(O)C(=O)N1CCCCC1. The number of hydrogen-bond donors (Lipinski definition) is 1. The average Bonchev–Trinajstić information content (AvgIpc) is 2.18. The highest BCUT2D eigenvalue weighted by Crippen LogP contribution is 2.17. The van der Waals surface area contributed by atoms with Crippen LogP contribution in [0.5, 0.6) is 0 Å². The molecule has 0 aromatic carbocycles. The maximum absolute atomic E-state index is 11.7. The molecule has 1 N–H and O–H groups in total. The number of rotatable bonds is 2. The van der Waals surface area contributed by atoms with Gasteiger partial charge in [-0.2, -0.15) is 0 Å². The summed E-state index contributed by atoms with van der Waals surface area (Å²) in [5.41, 5.74) is -1.16. The van der Waals surface area contributed by atoms with E-state index in [4.69, 9.17) is 0 Å². The van der Waals surface area contributed by atoms with E-state index in [1.807, 2.05) is 6.92 Å². The van der Waals surface area contributed by atoms with Crippen molar-refractivity contribution in [2.24, 2.45) is 0 Å². The fourth-order valence-corrected chi connectivity index (χ4v) is 1.59. The van der Waals surface area contributed by atoms with Crippen LogP contribution in [0.2, 0.25) is 0 Å². The summed E-state index contributed by atoms with van der Waals surface area (Å²) in [6.07, 6.45) is 3.84. The molecule has 76 valence electrons. The first-order valence-electron chi connectivity index (χ1n) is 5.09. The first-order chi connectivity index (χ1) is 6.08. The van der Waals surface area contributed by atoms with E-state index in [1.54, 1.807) is 11.8 Å². The van der Waals surface area contributed by atoms with Gasteiger partial charge in [0.25, 0.3) is 5.91 Å². The zero-order valence-electron chi connectivity index (χ0n) is 8.55. The molecule has 0 aromatic heterocycles. The molecular weight excluding hydrogens is 166 g/mol. The normalized spacial score (nSPS) is 22.5. The number of piperidine rings is 1. The molecule has 1 fully saturated rings. The zero-order valence-corrected chi connectivity index (χ0v) is 8.55. The van der Waals surface area contributed by atoms with Crippen molar-refractivity contribution in [3.63, 3.8) is 0 Å². The number of aliphatic hydroxyl groups is 1. The summed E-state index contributed by atoms with van der Waals surface area (Å²) >= 11 is 0. The molecule has 0 aromatic rings. The molecule has 1 unspecified atom stereocenters. The first kappa shape index (κ1) is 10.5. The molecule has 0 radical (unpaired) electrons. The third-order valence-corrected chi connectivity index (χ3v) is 2.79. The van der Waals surface area contributed by atoms with Gasteiger partial charge in [0.05, 0.1) is 0 Å². The van der Waals surface area contributed by atoms with Crippen LogP contribution < -0.4 is 0 Å². The Kier molecular flexibility index (Phi) is 3.31. The smallest absolute Gasteiger partial charge is 0.254 e. The maximum atomic E-state index is 11.7. The number of carbonyl (C=O) groups excluding carboxylic acids is 1. The molecule has 13 heavy (non-hydrogen) atoms. The van der Waals surface area contributed by atoms with Crippen molar-refractivity contribution >= 4 is 5.91 Å². The summed E-state index contributed by atoms with van der Waals surface area (Å²) in [4.78, 5) is 13.5. The quantitative estimate of drug-likeness (QED) is 0.701. The molecule has 0 spiro atoms. The van der Waals surface area contributed by atoms with Crippen LogP contribution in [0.3, 0.4) is 0 Å². The van der Waals surface area contributed by atoms with Gasteiger partial charge in [-0.05, 0) is 32.6 Å². The minimum atomic E-state index is -1.16. The molecule has 0 saturated carbocycles. The first-order valence-corrected chi connectivity index (χ1v) is 5.09. The van der Waals surface area contributed by atoms with Crippen molar-refractivity contribution < 1.29 is 9.90 Å². The molecule has 3 nitrogen and oxygen atoms in total. The Labute approximate surface area is 79.7 Å². The van der Waals surface area contributed by atoms with E-state index >= 15 is 0 Å². The number of amides is 1. The summed E-state index contributed by atoms with van der Waals surface area (Å²) in [7, 11) is 0. The molecule has 1 aliphatic heterocycles. The number of likely N-dealkylation sites (tertiary alicyclic amines) is 1. The molecule has 0 aliphatic carbocycles. The lowest BCUT2D eigenvalue weighted by Gasteiger charge is -2.32. The van der Waals surface area contributed by atoms with Crippen LogP contribution >= 0.6 is 0 Å². The number of carbonyl (C=O) groups is 1. The van der Waals surface area contributed by atoms with Crippen LogP contribution in [-0.4, -0.2) is 34.6 Å². The molecule has 0 bridgehead atoms. The van der Waals surface area contributed by atoms with Gasteiger partial charge < -0.3 is 10.0 Å². The molecule has 1 aliphatic rings. The summed E-state index contributed by atoms with van der Waals surface area (Å²) in [6, 6.07) is 0. The predicted molar refractivity (Wildman–Crippen MR) is 51.3 cm³/mol. The Bertz CT molecular complexity index is 183. The zero-order chi connectivity index (χ0) is 9.90. The molecule has 1 heterocycles. The van der Waals surface area contributed by atoms with Crippen molar-refractivity contribution in [3.8, 4) is 0 Å². The number of nitrogens with zero attached hydrogens (tertiary/aromatic N) is 1. The van der Waals surface area contributed by atoms with E-state index < -0.39 is 5.60 Å². The molecular formula is C10H19NO2. The lowest BCUT2D eigenvalue weighted by atomic mass is 10.00. The Balaban J connectivity index is 2.55. The molecule has 1 amide bonds. The van der Waals surface area contributed by atoms with Gasteiger partial charge in [0.2, 0.25) is 0 Å². The molecule has 1 saturated heterocycles. The third-order valence-electron chi connectivity index (χ3n) is 2.79. The highest BCUT2D eigenvalue weighted by molar-refractivity contribution is 5.84. The van der Waals surface area contributed by atoms with Crippen molar-refractivity contribution in [3.05, 3.63) is 0 Å². The lowest BCUT2D eigenvalue weighted by molar-refractivity contribution is -0.150. The summed E-state index contributed by atoms with van der Waals surface area (Å²) in [6.45, 7) is 5.07. The third kappa shape index (κ3) is 2.44. The minimum Gasteiger partial charge on any atom is -0.380 e. The second kappa shape index (κ2) is 4.09. The number of hydrogen-bond acceptors (Lipinski definition) is 2. The average molecular weight is 185 g/mol. The monoisotopic (exact) mass is 185 g/mol. The lowest BCUT2D eigenvalue weighted by Crippen LogP contribution is -2.48. The van der Waals surface area contributed by atoms with Crippen LogP contribution in [0, 0.1) is 0 Å². The maximum Gasteiger partial charge on any atom is 0.254 e. The van der Waals surface area contributed by atoms with E-state index in [1.165, 1.54) is 6.42 Å². The van der Waals surface area contributed by atoms with Crippen molar-refractivity contribution in [2.75, 3.05) is 13.1 Å². The molecule has 1 rings (SSSR count). The molecule has 1 atom stereocenters. The van der Waals surface area contributed by atoms with E-state index in [9.17, 15) is 9.90 Å². The topological polar surface area (TPSA) is 40.5 Å². The van der Waals surface area contributed by atoms with Gasteiger partial charge in [-0.1, -0.05) is 6.92 Å². The van der Waals surface area contributed by atoms with Crippen LogP contribution in [-0.2, 0) is 4.79 Å². The fourth-order valence-electron chi connectivity index (χ4n) is 1.59. The second-order valence-electron chi connectivity index (χ2n) is 3.98. The van der Waals surface area contributed by atoms with Crippen molar-refractivity contribution in [1.29, 1.82) is 0 Å². The van der Waals surface area contributed by atoms with Crippen molar-refractivity contribution in [2.45, 2.75) is 45.1 Å². The molecule has 3 heteroatoms. The Hall–Kier alpha value is -0.570. The minimum absolute atomic E-state index is 0.102. The Morgan fingerprint density at radius 1 is 1.38 bits per heavy atom. The van der Waals surface area contributed by atoms with Crippen LogP contribution in [0.15, 0.2) is 0 Å². The Morgan fingerprint density at radius 3 is 2.38 bits per heavy atom. The summed E-state index contributed by atoms with van der Waals surface area (Å²) in [5, 5.41) is 9.75. The van der Waals surface area contributed by atoms with Gasteiger partial charge in [0.1, 0.15) is 5.60 Å². The van der Waals surface area contributed by atoms with Crippen LogP contribution in [0.4, 0.5) is 0 Å². The highest BCUT2D eigenvalue weighted by Gasteiger charge is 2.32. The van der Waals surface area contributed by atoms with Crippen LogP contribution in [0.25, 0.3) is 0 Å². The van der Waals surface area contributed by atoms with Gasteiger partial charge in [-0.25, -0.2) is 0 Å². The predicted octanol–water partition coefficient (Wildman–Crippen LogP) is 1.16. The second-order valence-corrected chi connectivity index (χ2v) is 3.98. The van der Waals surface area contributed by atoms with Crippen molar-refractivity contribution in [1.82, 2.24) is 4.90 Å². The van der Waals surface area contributed by atoms with Gasteiger partial charge in [-0.3, -0.25) is 4.79 Å². The standard InChI is InChI=1S/C10H19NO2/c1-3-10(2,13)9(12)11-7-5-4-6-8-11/h13H,3-8H2,1-2H3. The van der Waals surface area contributed by atoms with Gasteiger partial charge in [-0.15, -0.1) is 0 Å². The van der Waals surface area contributed by atoms with Gasteiger partial charge in [0, 0.05) is 13.1 Å². The van der Waals surface area contributed by atoms with E-state index in [0.717, 1.165) is 25.9 Å². The summed E-state index contributed by atoms with van der Waals surface area (Å²) in [5.74, 6) is -0.102. The van der Waals surface area contributed by atoms with E-state index in [0.29, 0.717) is 6.42 Å². The summed E-state index contributed by atoms with van der Waals surface area (Å²) < 4.78 is 0. The Morgan fingerprint density at radius 2 is 1.92 bits per heavy atom. The van der Waals surface area contributed by atoms with Gasteiger partial charge in [0.15, 0.2) is 0 Å². The largest absolute Gasteiger partial charge is 0.380 e. The van der Waals surface area contributed by atoms with Crippen LogP contribution in [0.1, 0.15) is 39.5 Å². The fraction of sp³-hybridized carbons (Fsp3) is 0.900. The highest BCUT2D eigenvalue weighted by atomic mass is 16.3. The van der Waals surface area contributed by atoms with E-state index in [2.05, 4.69) is 0 Å². The van der Waals surface area contributed by atoms with Gasteiger partial charge >= 0.3 is 0 Å².